The Balaban J connectivity index is 1.89. The molecule has 0 aliphatic carbocycles. The van der Waals surface area contributed by atoms with E-state index in [1.54, 1.807) is 0 Å². The van der Waals surface area contributed by atoms with Crippen LogP contribution in [0.1, 0.15) is 12.8 Å². The molecule has 106 valence electrons. The second kappa shape index (κ2) is 6.38. The lowest BCUT2D eigenvalue weighted by Crippen LogP contribution is -2.10. The number of carboxylic acid groups (broad SMARTS) is 1. The highest BCUT2D eigenvalue weighted by molar-refractivity contribution is 8.00. The SMILES string of the molecule is CC(Sc1nnc(COc2ccc(F)cc2)o1)C(=O)O. The lowest BCUT2D eigenvalue weighted by atomic mass is 10.3. The van der Waals surface area contributed by atoms with Gasteiger partial charge in [-0.15, -0.1) is 10.2 Å². The Morgan fingerprint density at radius 2 is 2.15 bits per heavy atom. The van der Waals surface area contributed by atoms with E-state index in [4.69, 9.17) is 14.3 Å². The minimum absolute atomic E-state index is 0.0284. The fraction of sp³-hybridized carbons (Fsp3) is 0.250. The van der Waals surface area contributed by atoms with Crippen LogP contribution >= 0.6 is 11.8 Å². The number of ether oxygens (including phenoxy) is 1. The normalized spacial score (nSPS) is 12.1. The number of thioether (sulfide) groups is 1. The number of hydrogen-bond acceptors (Lipinski definition) is 6. The molecule has 1 atom stereocenters. The predicted octanol–water partition coefficient (Wildman–Crippen LogP) is 2.35. The van der Waals surface area contributed by atoms with Crippen LogP contribution in [-0.4, -0.2) is 26.5 Å². The molecule has 0 radical (unpaired) electrons. The van der Waals surface area contributed by atoms with E-state index in [-0.39, 0.29) is 23.5 Å². The van der Waals surface area contributed by atoms with Gasteiger partial charge in [0.05, 0.1) is 0 Å². The maximum Gasteiger partial charge on any atom is 0.316 e. The second-order valence-electron chi connectivity index (χ2n) is 3.80. The van der Waals surface area contributed by atoms with Crippen LogP contribution in [0.3, 0.4) is 0 Å². The predicted molar refractivity (Wildman–Crippen MR) is 68.0 cm³/mol. The summed E-state index contributed by atoms with van der Waals surface area (Å²) >= 11 is 0.951. The van der Waals surface area contributed by atoms with Gasteiger partial charge in [0.1, 0.15) is 16.8 Å². The van der Waals surface area contributed by atoms with E-state index in [0.29, 0.717) is 5.75 Å². The first-order valence-electron chi connectivity index (χ1n) is 5.65. The van der Waals surface area contributed by atoms with Crippen LogP contribution in [0.5, 0.6) is 5.75 Å². The molecule has 0 saturated heterocycles. The summed E-state index contributed by atoms with van der Waals surface area (Å²) in [5.41, 5.74) is 0. The maximum absolute atomic E-state index is 12.7. The van der Waals surface area contributed by atoms with Crippen molar-refractivity contribution in [3.8, 4) is 5.75 Å². The number of rotatable bonds is 6. The molecule has 1 unspecified atom stereocenters. The summed E-state index contributed by atoms with van der Waals surface area (Å²) in [4.78, 5) is 10.7. The van der Waals surface area contributed by atoms with Gasteiger partial charge < -0.3 is 14.3 Å². The summed E-state index contributed by atoms with van der Waals surface area (Å²) in [5, 5.41) is 15.7. The van der Waals surface area contributed by atoms with Gasteiger partial charge in [0.2, 0.25) is 0 Å². The third-order valence-corrected chi connectivity index (χ3v) is 3.17. The van der Waals surface area contributed by atoms with Crippen LogP contribution in [0.2, 0.25) is 0 Å². The highest BCUT2D eigenvalue weighted by Crippen LogP contribution is 2.22. The number of benzene rings is 1. The Hall–Kier alpha value is -2.09. The van der Waals surface area contributed by atoms with E-state index in [9.17, 15) is 9.18 Å². The number of halogens is 1. The van der Waals surface area contributed by atoms with Crippen molar-refractivity contribution in [2.45, 2.75) is 24.0 Å². The van der Waals surface area contributed by atoms with Gasteiger partial charge in [-0.2, -0.15) is 0 Å². The largest absolute Gasteiger partial charge is 0.484 e. The number of aromatic nitrogens is 2. The average Bonchev–Trinajstić information content (AvgIpc) is 2.85. The molecule has 0 amide bonds. The summed E-state index contributed by atoms with van der Waals surface area (Å²) in [6.07, 6.45) is 0. The molecule has 2 aromatic rings. The Kier molecular flexibility index (Phi) is 4.57. The molecule has 2 rings (SSSR count). The number of carboxylic acids is 1. The molecular formula is C12H11FN2O4S. The fourth-order valence-corrected chi connectivity index (χ4v) is 1.86. The first-order chi connectivity index (χ1) is 9.54. The Bertz CT molecular complexity index is 587. The quantitative estimate of drug-likeness (QED) is 0.819. The molecule has 0 spiro atoms. The van der Waals surface area contributed by atoms with Crippen LogP contribution in [0, 0.1) is 5.82 Å². The van der Waals surface area contributed by atoms with Gasteiger partial charge in [0.15, 0.2) is 6.61 Å². The van der Waals surface area contributed by atoms with E-state index in [2.05, 4.69) is 10.2 Å². The molecule has 0 fully saturated rings. The van der Waals surface area contributed by atoms with E-state index in [0.717, 1.165) is 11.8 Å². The van der Waals surface area contributed by atoms with Gasteiger partial charge in [-0.05, 0) is 31.2 Å². The Morgan fingerprint density at radius 1 is 1.45 bits per heavy atom. The molecule has 0 aliphatic heterocycles. The smallest absolute Gasteiger partial charge is 0.316 e. The molecule has 1 heterocycles. The lowest BCUT2D eigenvalue weighted by molar-refractivity contribution is -0.136. The zero-order valence-corrected chi connectivity index (χ0v) is 11.3. The average molecular weight is 298 g/mol. The molecule has 0 bridgehead atoms. The van der Waals surface area contributed by atoms with Crippen LogP contribution in [0.15, 0.2) is 33.9 Å². The van der Waals surface area contributed by atoms with Crippen molar-refractivity contribution in [2.24, 2.45) is 0 Å². The first kappa shape index (κ1) is 14.3. The van der Waals surface area contributed by atoms with Crippen molar-refractivity contribution in [1.82, 2.24) is 10.2 Å². The Morgan fingerprint density at radius 3 is 2.80 bits per heavy atom. The molecular weight excluding hydrogens is 287 g/mol. The van der Waals surface area contributed by atoms with Gasteiger partial charge in [0.25, 0.3) is 11.1 Å². The molecule has 6 nitrogen and oxygen atoms in total. The van der Waals surface area contributed by atoms with Crippen molar-refractivity contribution in [3.05, 3.63) is 36.0 Å². The van der Waals surface area contributed by atoms with Gasteiger partial charge in [0, 0.05) is 0 Å². The zero-order chi connectivity index (χ0) is 14.5. The van der Waals surface area contributed by atoms with E-state index in [1.807, 2.05) is 0 Å². The summed E-state index contributed by atoms with van der Waals surface area (Å²) < 4.78 is 23.2. The molecule has 20 heavy (non-hydrogen) atoms. The minimum atomic E-state index is -0.961. The maximum atomic E-state index is 12.7. The fourth-order valence-electron chi connectivity index (χ4n) is 1.22. The van der Waals surface area contributed by atoms with Crippen LogP contribution in [-0.2, 0) is 11.4 Å². The van der Waals surface area contributed by atoms with Gasteiger partial charge in [-0.1, -0.05) is 11.8 Å². The third kappa shape index (κ3) is 3.95. The van der Waals surface area contributed by atoms with Crippen molar-refractivity contribution in [2.75, 3.05) is 0 Å². The molecule has 0 aliphatic rings. The van der Waals surface area contributed by atoms with Gasteiger partial charge >= 0.3 is 5.97 Å². The zero-order valence-electron chi connectivity index (χ0n) is 10.4. The highest BCUT2D eigenvalue weighted by atomic mass is 32.2. The number of nitrogens with zero attached hydrogens (tertiary/aromatic N) is 2. The standard InChI is InChI=1S/C12H11FN2O4S/c1-7(11(16)17)20-12-15-14-10(19-12)6-18-9-4-2-8(13)3-5-9/h2-5,7H,6H2,1H3,(H,16,17). The van der Waals surface area contributed by atoms with Crippen LogP contribution < -0.4 is 4.74 Å². The molecule has 1 aromatic heterocycles. The third-order valence-electron chi connectivity index (χ3n) is 2.25. The Labute approximate surface area is 118 Å². The van der Waals surface area contributed by atoms with Crippen LogP contribution in [0.4, 0.5) is 4.39 Å². The number of aliphatic carboxylic acids is 1. The molecule has 8 heteroatoms. The minimum Gasteiger partial charge on any atom is -0.484 e. The number of carbonyl (C=O) groups is 1. The van der Waals surface area contributed by atoms with Gasteiger partial charge in [-0.3, -0.25) is 4.79 Å². The first-order valence-corrected chi connectivity index (χ1v) is 6.53. The van der Waals surface area contributed by atoms with E-state index >= 15 is 0 Å². The van der Waals surface area contributed by atoms with Crippen molar-refractivity contribution >= 4 is 17.7 Å². The van der Waals surface area contributed by atoms with E-state index < -0.39 is 11.2 Å². The number of hydrogen-bond donors (Lipinski definition) is 1. The summed E-state index contributed by atoms with van der Waals surface area (Å²) in [5.74, 6) is -0.624. The molecule has 0 saturated carbocycles. The topological polar surface area (TPSA) is 85.5 Å². The lowest BCUT2D eigenvalue weighted by Gasteiger charge is -2.02. The summed E-state index contributed by atoms with van der Waals surface area (Å²) in [6, 6.07) is 5.51. The summed E-state index contributed by atoms with van der Waals surface area (Å²) in [6.45, 7) is 1.55. The van der Waals surface area contributed by atoms with Crippen LogP contribution in [0.25, 0.3) is 0 Å². The second-order valence-corrected chi connectivity index (χ2v) is 5.09. The van der Waals surface area contributed by atoms with Crippen molar-refractivity contribution in [3.63, 3.8) is 0 Å². The van der Waals surface area contributed by atoms with Gasteiger partial charge in [-0.25, -0.2) is 4.39 Å². The monoisotopic (exact) mass is 298 g/mol. The molecule has 1 aromatic carbocycles. The summed E-state index contributed by atoms with van der Waals surface area (Å²) in [7, 11) is 0. The van der Waals surface area contributed by atoms with E-state index in [1.165, 1.54) is 31.2 Å². The van der Waals surface area contributed by atoms with Crippen molar-refractivity contribution in [1.29, 1.82) is 0 Å². The van der Waals surface area contributed by atoms with Crippen molar-refractivity contribution < 1.29 is 23.4 Å². The molecule has 1 N–H and O–H groups in total. The highest BCUT2D eigenvalue weighted by Gasteiger charge is 2.17.